The molecule has 1 fully saturated rings. The van der Waals surface area contributed by atoms with Gasteiger partial charge in [-0.1, -0.05) is 18.2 Å². The van der Waals surface area contributed by atoms with E-state index in [1.54, 1.807) is 12.3 Å². The minimum Gasteiger partial charge on any atom is -0.492 e. The van der Waals surface area contributed by atoms with Gasteiger partial charge in [0, 0.05) is 19.3 Å². The van der Waals surface area contributed by atoms with Crippen molar-refractivity contribution in [2.24, 2.45) is 4.99 Å². The van der Waals surface area contributed by atoms with E-state index in [1.165, 1.54) is 6.07 Å². The zero-order valence-electron chi connectivity index (χ0n) is 13.7. The van der Waals surface area contributed by atoms with Gasteiger partial charge in [-0.25, -0.2) is 4.39 Å². The molecule has 3 rings (SSSR count). The number of hydrogen-bond acceptors (Lipinski definition) is 4. The SMILES string of the molecule is CCOc1ccccc1N=Cc1ccc(N2CCOCC2)c(F)c1. The van der Waals surface area contributed by atoms with Crippen molar-refractivity contribution >= 4 is 17.6 Å². The lowest BCUT2D eigenvalue weighted by Gasteiger charge is -2.29. The third-order valence-electron chi connectivity index (χ3n) is 3.84. The van der Waals surface area contributed by atoms with Gasteiger partial charge in [-0.2, -0.15) is 0 Å². The summed E-state index contributed by atoms with van der Waals surface area (Å²) in [5.74, 6) is 0.487. The van der Waals surface area contributed by atoms with E-state index in [0.29, 0.717) is 38.6 Å². The normalized spacial score (nSPS) is 15.0. The molecule has 1 aliphatic rings. The fourth-order valence-electron chi connectivity index (χ4n) is 2.65. The second kappa shape index (κ2) is 7.93. The van der Waals surface area contributed by atoms with Gasteiger partial charge in [0.2, 0.25) is 0 Å². The van der Waals surface area contributed by atoms with Gasteiger partial charge in [-0.05, 0) is 36.8 Å². The van der Waals surface area contributed by atoms with Gasteiger partial charge in [0.1, 0.15) is 17.3 Å². The summed E-state index contributed by atoms with van der Waals surface area (Å²) in [6.07, 6.45) is 1.66. The first kappa shape index (κ1) is 16.5. The van der Waals surface area contributed by atoms with Crippen LogP contribution in [-0.2, 0) is 4.74 Å². The zero-order chi connectivity index (χ0) is 16.8. The van der Waals surface area contributed by atoms with E-state index >= 15 is 0 Å². The number of aliphatic imine (C=N–C) groups is 1. The lowest BCUT2D eigenvalue weighted by Crippen LogP contribution is -2.36. The number of halogens is 1. The highest BCUT2D eigenvalue weighted by molar-refractivity contribution is 5.83. The Balaban J connectivity index is 1.77. The van der Waals surface area contributed by atoms with Crippen LogP contribution < -0.4 is 9.64 Å². The molecule has 126 valence electrons. The molecule has 2 aromatic carbocycles. The van der Waals surface area contributed by atoms with Gasteiger partial charge in [-0.3, -0.25) is 4.99 Å². The van der Waals surface area contributed by atoms with Gasteiger partial charge in [0.05, 0.1) is 25.5 Å². The van der Waals surface area contributed by atoms with Crippen molar-refractivity contribution in [3.63, 3.8) is 0 Å². The quantitative estimate of drug-likeness (QED) is 0.783. The average molecular weight is 328 g/mol. The maximum absolute atomic E-state index is 14.4. The van der Waals surface area contributed by atoms with Crippen LogP contribution >= 0.6 is 0 Å². The lowest BCUT2D eigenvalue weighted by molar-refractivity contribution is 0.122. The molecule has 0 radical (unpaired) electrons. The first-order chi connectivity index (χ1) is 11.8. The maximum Gasteiger partial charge on any atom is 0.147 e. The van der Waals surface area contributed by atoms with E-state index in [4.69, 9.17) is 9.47 Å². The van der Waals surface area contributed by atoms with Crippen molar-refractivity contribution in [2.45, 2.75) is 6.92 Å². The third kappa shape index (κ3) is 3.92. The molecule has 0 bridgehead atoms. The Morgan fingerprint density at radius 1 is 1.21 bits per heavy atom. The summed E-state index contributed by atoms with van der Waals surface area (Å²) in [7, 11) is 0. The molecule has 0 unspecified atom stereocenters. The van der Waals surface area contributed by atoms with Crippen LogP contribution in [-0.4, -0.2) is 39.1 Å². The van der Waals surface area contributed by atoms with E-state index in [-0.39, 0.29) is 5.82 Å². The van der Waals surface area contributed by atoms with Crippen molar-refractivity contribution < 1.29 is 13.9 Å². The molecular weight excluding hydrogens is 307 g/mol. The predicted octanol–water partition coefficient (Wildman–Crippen LogP) is 3.81. The molecule has 1 heterocycles. The van der Waals surface area contributed by atoms with Gasteiger partial charge >= 0.3 is 0 Å². The van der Waals surface area contributed by atoms with Crippen LogP contribution in [0, 0.1) is 5.82 Å². The Morgan fingerprint density at radius 2 is 2.00 bits per heavy atom. The number of rotatable bonds is 5. The molecule has 0 atom stereocenters. The van der Waals surface area contributed by atoms with E-state index in [2.05, 4.69) is 4.99 Å². The Kier molecular flexibility index (Phi) is 5.43. The largest absolute Gasteiger partial charge is 0.492 e. The number of ether oxygens (including phenoxy) is 2. The van der Waals surface area contributed by atoms with E-state index in [9.17, 15) is 4.39 Å². The highest BCUT2D eigenvalue weighted by Crippen LogP contribution is 2.27. The molecular formula is C19H21FN2O2. The second-order valence-corrected chi connectivity index (χ2v) is 5.47. The van der Waals surface area contributed by atoms with Crippen molar-refractivity contribution in [2.75, 3.05) is 37.8 Å². The fraction of sp³-hybridized carbons (Fsp3) is 0.316. The van der Waals surface area contributed by atoms with Crippen LogP contribution in [0.25, 0.3) is 0 Å². The number of anilines is 1. The molecule has 0 aromatic heterocycles. The van der Waals surface area contributed by atoms with Gasteiger partial charge in [0.25, 0.3) is 0 Å². The molecule has 5 heteroatoms. The summed E-state index contributed by atoms with van der Waals surface area (Å²) in [5.41, 5.74) is 2.07. The second-order valence-electron chi connectivity index (χ2n) is 5.47. The molecule has 4 nitrogen and oxygen atoms in total. The van der Waals surface area contributed by atoms with Crippen LogP contribution in [0.3, 0.4) is 0 Å². The molecule has 0 aliphatic carbocycles. The van der Waals surface area contributed by atoms with Crippen LogP contribution in [0.2, 0.25) is 0 Å². The summed E-state index contributed by atoms with van der Waals surface area (Å²) in [4.78, 5) is 6.43. The standard InChI is InChI=1S/C19H21FN2O2/c1-2-24-19-6-4-3-5-17(19)21-14-15-7-8-18(16(20)13-15)22-9-11-23-12-10-22/h3-8,13-14H,2,9-12H2,1H3. The van der Waals surface area contributed by atoms with E-state index in [1.807, 2.05) is 42.2 Å². The van der Waals surface area contributed by atoms with Crippen LogP contribution in [0.1, 0.15) is 12.5 Å². The smallest absolute Gasteiger partial charge is 0.147 e. The Labute approximate surface area is 141 Å². The molecule has 1 aliphatic heterocycles. The van der Waals surface area contributed by atoms with E-state index in [0.717, 1.165) is 17.0 Å². The monoisotopic (exact) mass is 328 g/mol. The van der Waals surface area contributed by atoms with Crippen LogP contribution in [0.4, 0.5) is 15.8 Å². The zero-order valence-corrected chi connectivity index (χ0v) is 13.7. The first-order valence-electron chi connectivity index (χ1n) is 8.16. The van der Waals surface area contributed by atoms with Crippen molar-refractivity contribution in [1.82, 2.24) is 0 Å². The highest BCUT2D eigenvalue weighted by atomic mass is 19.1. The average Bonchev–Trinajstić information content (AvgIpc) is 2.62. The summed E-state index contributed by atoms with van der Waals surface area (Å²) in [6.45, 7) is 5.21. The molecule has 0 N–H and O–H groups in total. The topological polar surface area (TPSA) is 34.1 Å². The van der Waals surface area contributed by atoms with Crippen LogP contribution in [0.5, 0.6) is 5.75 Å². The number of hydrogen-bond donors (Lipinski definition) is 0. The molecule has 0 spiro atoms. The minimum absolute atomic E-state index is 0.237. The summed E-state index contributed by atoms with van der Waals surface area (Å²) in [5, 5.41) is 0. The summed E-state index contributed by atoms with van der Waals surface area (Å²) in [6, 6.07) is 12.7. The molecule has 1 saturated heterocycles. The molecule has 0 amide bonds. The molecule has 0 saturated carbocycles. The first-order valence-corrected chi connectivity index (χ1v) is 8.16. The maximum atomic E-state index is 14.4. The predicted molar refractivity (Wildman–Crippen MR) is 94.3 cm³/mol. The minimum atomic E-state index is -0.237. The third-order valence-corrected chi connectivity index (χ3v) is 3.84. The Hall–Kier alpha value is -2.40. The summed E-state index contributed by atoms with van der Waals surface area (Å²) >= 11 is 0. The van der Waals surface area contributed by atoms with Crippen molar-refractivity contribution in [1.29, 1.82) is 0 Å². The van der Waals surface area contributed by atoms with Crippen LogP contribution in [0.15, 0.2) is 47.5 Å². The summed E-state index contributed by atoms with van der Waals surface area (Å²) < 4.78 is 25.2. The van der Waals surface area contributed by atoms with Crippen molar-refractivity contribution in [3.8, 4) is 5.75 Å². The number of nitrogens with zero attached hydrogens (tertiary/aromatic N) is 2. The van der Waals surface area contributed by atoms with Gasteiger partial charge < -0.3 is 14.4 Å². The Morgan fingerprint density at radius 3 is 2.75 bits per heavy atom. The highest BCUT2D eigenvalue weighted by Gasteiger charge is 2.14. The van der Waals surface area contributed by atoms with Gasteiger partial charge in [0.15, 0.2) is 0 Å². The Bertz CT molecular complexity index is 712. The van der Waals surface area contributed by atoms with E-state index < -0.39 is 0 Å². The molecule has 2 aromatic rings. The number of morpholine rings is 1. The van der Waals surface area contributed by atoms with Crippen molar-refractivity contribution in [3.05, 3.63) is 53.8 Å². The van der Waals surface area contributed by atoms with Gasteiger partial charge in [-0.15, -0.1) is 0 Å². The number of benzene rings is 2. The fourth-order valence-corrected chi connectivity index (χ4v) is 2.65. The number of para-hydroxylation sites is 2. The molecule has 24 heavy (non-hydrogen) atoms. The lowest BCUT2D eigenvalue weighted by atomic mass is 10.2.